The Morgan fingerprint density at radius 1 is 0.966 bits per heavy atom. The number of benzene rings is 2. The van der Waals surface area contributed by atoms with Crippen LogP contribution in [0.25, 0.3) is 16.5 Å². The summed E-state index contributed by atoms with van der Waals surface area (Å²) in [6.07, 6.45) is 8.46. The fourth-order valence-electron chi connectivity index (χ4n) is 4.09. The Hall–Kier alpha value is -3.08. The molecule has 2 aromatic carbocycles. The third-order valence-electron chi connectivity index (χ3n) is 5.71. The number of nitrogens with zero attached hydrogens (tertiary/aromatic N) is 1. The van der Waals surface area contributed by atoms with Gasteiger partial charge in [0.1, 0.15) is 5.75 Å². The Balaban J connectivity index is 1.77. The molecule has 0 unspecified atom stereocenters. The lowest BCUT2D eigenvalue weighted by molar-refractivity contribution is 0.0934. The zero-order valence-electron chi connectivity index (χ0n) is 16.7. The molecule has 150 valence electrons. The van der Waals surface area contributed by atoms with Gasteiger partial charge in [-0.15, -0.1) is 0 Å². The van der Waals surface area contributed by atoms with Gasteiger partial charge >= 0.3 is 0 Å². The molecule has 0 aliphatic heterocycles. The van der Waals surface area contributed by atoms with Crippen molar-refractivity contribution in [1.29, 1.82) is 0 Å². The molecule has 29 heavy (non-hydrogen) atoms. The first kappa shape index (κ1) is 19.2. The fourth-order valence-corrected chi connectivity index (χ4v) is 4.09. The molecule has 1 N–H and O–H groups in total. The van der Waals surface area contributed by atoms with Crippen molar-refractivity contribution in [3.05, 3.63) is 70.6 Å². The molecule has 1 aliphatic carbocycles. The molecular weight excluding hydrogens is 364 g/mol. The Kier molecular flexibility index (Phi) is 5.65. The minimum atomic E-state index is -0.142. The zero-order chi connectivity index (χ0) is 20.2. The minimum absolute atomic E-state index is 0.115. The number of hydrogen-bond acceptors (Lipinski definition) is 3. The molecule has 0 spiro atoms. The Morgan fingerprint density at radius 2 is 1.62 bits per heavy atom. The molecule has 4 rings (SSSR count). The molecule has 0 bridgehead atoms. The van der Waals surface area contributed by atoms with E-state index in [1.165, 1.54) is 12.8 Å². The van der Waals surface area contributed by atoms with Crippen LogP contribution in [0, 0.1) is 0 Å². The average Bonchev–Trinajstić information content (AvgIpc) is 3.03. The first-order chi connectivity index (χ1) is 14.2. The first-order valence-electron chi connectivity index (χ1n) is 10.3. The summed E-state index contributed by atoms with van der Waals surface area (Å²) >= 11 is 0. The van der Waals surface area contributed by atoms with Gasteiger partial charge in [0, 0.05) is 28.7 Å². The minimum Gasteiger partial charge on any atom is -0.497 e. The van der Waals surface area contributed by atoms with Crippen LogP contribution in [0.15, 0.2) is 59.5 Å². The number of rotatable bonds is 4. The Morgan fingerprint density at radius 3 is 2.28 bits per heavy atom. The van der Waals surface area contributed by atoms with Crippen LogP contribution in [-0.2, 0) is 0 Å². The highest BCUT2D eigenvalue weighted by Crippen LogP contribution is 2.21. The maximum Gasteiger partial charge on any atom is 0.262 e. The van der Waals surface area contributed by atoms with Crippen LogP contribution in [0.2, 0.25) is 0 Å². The van der Waals surface area contributed by atoms with Crippen molar-refractivity contribution in [3.8, 4) is 11.4 Å². The predicted molar refractivity (Wildman–Crippen MR) is 115 cm³/mol. The topological polar surface area (TPSA) is 60.3 Å². The van der Waals surface area contributed by atoms with E-state index in [-0.39, 0.29) is 17.5 Å². The van der Waals surface area contributed by atoms with E-state index in [4.69, 9.17) is 4.74 Å². The zero-order valence-corrected chi connectivity index (χ0v) is 16.7. The van der Waals surface area contributed by atoms with E-state index in [0.29, 0.717) is 27.8 Å². The summed E-state index contributed by atoms with van der Waals surface area (Å²) in [5.41, 5.74) is 1.09. The molecular formula is C24H26N2O3. The van der Waals surface area contributed by atoms with E-state index >= 15 is 0 Å². The number of amides is 1. The second-order valence-corrected chi connectivity index (χ2v) is 7.62. The molecule has 0 saturated heterocycles. The van der Waals surface area contributed by atoms with Crippen molar-refractivity contribution in [2.24, 2.45) is 0 Å². The standard InChI is InChI=1S/C24H26N2O3/c1-29-19-14-12-18(13-15-19)26-16-22(20-10-6-7-11-21(20)24(26)28)23(27)25-17-8-4-2-3-5-9-17/h6-7,10-17H,2-5,8-9H2,1H3,(H,25,27). The van der Waals surface area contributed by atoms with Crippen LogP contribution in [0.1, 0.15) is 48.9 Å². The van der Waals surface area contributed by atoms with Gasteiger partial charge in [-0.3, -0.25) is 14.2 Å². The van der Waals surface area contributed by atoms with E-state index in [0.717, 1.165) is 25.7 Å². The Bertz CT molecular complexity index is 1060. The number of pyridine rings is 1. The van der Waals surface area contributed by atoms with Gasteiger partial charge in [-0.1, -0.05) is 43.9 Å². The maximum absolute atomic E-state index is 13.2. The number of aromatic nitrogens is 1. The quantitative estimate of drug-likeness (QED) is 0.670. The van der Waals surface area contributed by atoms with E-state index in [9.17, 15) is 9.59 Å². The number of ether oxygens (including phenoxy) is 1. The SMILES string of the molecule is COc1ccc(-n2cc(C(=O)NC3CCCCCC3)c3ccccc3c2=O)cc1. The molecule has 0 atom stereocenters. The molecule has 1 aliphatic rings. The largest absolute Gasteiger partial charge is 0.497 e. The number of nitrogens with one attached hydrogen (secondary N) is 1. The summed E-state index contributed by atoms with van der Waals surface area (Å²) in [5.74, 6) is 0.601. The van der Waals surface area contributed by atoms with Crippen molar-refractivity contribution in [2.75, 3.05) is 7.11 Å². The molecule has 1 saturated carbocycles. The van der Waals surface area contributed by atoms with Gasteiger partial charge in [-0.05, 0) is 43.2 Å². The number of fused-ring (bicyclic) bond motifs is 1. The maximum atomic E-state index is 13.2. The number of carbonyl (C=O) groups is 1. The van der Waals surface area contributed by atoms with Crippen LogP contribution in [0.5, 0.6) is 5.75 Å². The molecule has 3 aromatic rings. The third-order valence-corrected chi connectivity index (χ3v) is 5.71. The summed E-state index contributed by atoms with van der Waals surface area (Å²) in [5, 5.41) is 4.44. The summed E-state index contributed by atoms with van der Waals surface area (Å²) in [4.78, 5) is 26.3. The molecule has 5 nitrogen and oxygen atoms in total. The van der Waals surface area contributed by atoms with Crippen molar-refractivity contribution < 1.29 is 9.53 Å². The van der Waals surface area contributed by atoms with Crippen molar-refractivity contribution in [2.45, 2.75) is 44.6 Å². The fraction of sp³-hybridized carbons (Fsp3) is 0.333. The van der Waals surface area contributed by atoms with Gasteiger partial charge in [0.15, 0.2) is 0 Å². The van der Waals surface area contributed by atoms with Gasteiger partial charge < -0.3 is 10.1 Å². The van der Waals surface area contributed by atoms with E-state index < -0.39 is 0 Å². The third kappa shape index (κ3) is 4.04. The van der Waals surface area contributed by atoms with Crippen LogP contribution in [0.4, 0.5) is 0 Å². The van der Waals surface area contributed by atoms with Crippen molar-refractivity contribution in [3.63, 3.8) is 0 Å². The van der Waals surface area contributed by atoms with Crippen LogP contribution < -0.4 is 15.6 Å². The molecule has 1 amide bonds. The molecule has 1 aromatic heterocycles. The van der Waals surface area contributed by atoms with E-state index in [1.807, 2.05) is 42.5 Å². The lowest BCUT2D eigenvalue weighted by Gasteiger charge is -2.18. The molecule has 0 radical (unpaired) electrons. The van der Waals surface area contributed by atoms with Gasteiger partial charge in [0.05, 0.1) is 12.7 Å². The van der Waals surface area contributed by atoms with Crippen molar-refractivity contribution in [1.82, 2.24) is 9.88 Å². The monoisotopic (exact) mass is 390 g/mol. The van der Waals surface area contributed by atoms with Crippen molar-refractivity contribution >= 4 is 16.7 Å². The highest BCUT2D eigenvalue weighted by atomic mass is 16.5. The van der Waals surface area contributed by atoms with Gasteiger partial charge in [0.2, 0.25) is 0 Å². The number of hydrogen-bond donors (Lipinski definition) is 1. The lowest BCUT2D eigenvalue weighted by atomic mass is 10.0. The number of carbonyl (C=O) groups excluding carboxylic acids is 1. The van der Waals surface area contributed by atoms with Crippen LogP contribution in [-0.4, -0.2) is 23.6 Å². The normalized spacial score (nSPS) is 15.1. The van der Waals surface area contributed by atoms with Gasteiger partial charge in [-0.2, -0.15) is 0 Å². The van der Waals surface area contributed by atoms with Crippen LogP contribution >= 0.6 is 0 Å². The lowest BCUT2D eigenvalue weighted by Crippen LogP contribution is -2.35. The van der Waals surface area contributed by atoms with Gasteiger partial charge in [-0.25, -0.2) is 0 Å². The second-order valence-electron chi connectivity index (χ2n) is 7.62. The molecule has 1 fully saturated rings. The summed E-state index contributed by atoms with van der Waals surface area (Å²) < 4.78 is 6.76. The summed E-state index contributed by atoms with van der Waals surface area (Å²) in [6, 6.07) is 14.8. The highest BCUT2D eigenvalue weighted by Gasteiger charge is 2.19. The van der Waals surface area contributed by atoms with Crippen LogP contribution in [0.3, 0.4) is 0 Å². The summed E-state index contributed by atoms with van der Waals surface area (Å²) in [7, 11) is 1.60. The van der Waals surface area contributed by atoms with E-state index in [2.05, 4.69) is 5.32 Å². The summed E-state index contributed by atoms with van der Waals surface area (Å²) in [6.45, 7) is 0. The van der Waals surface area contributed by atoms with E-state index in [1.54, 1.807) is 23.9 Å². The predicted octanol–water partition coefficient (Wildman–Crippen LogP) is 4.45. The average molecular weight is 390 g/mol. The van der Waals surface area contributed by atoms with Gasteiger partial charge in [0.25, 0.3) is 11.5 Å². The molecule has 1 heterocycles. The smallest absolute Gasteiger partial charge is 0.262 e. The second kappa shape index (κ2) is 8.52. The molecule has 5 heteroatoms. The first-order valence-corrected chi connectivity index (χ1v) is 10.3. The highest BCUT2D eigenvalue weighted by molar-refractivity contribution is 6.06. The Labute approximate surface area is 170 Å². The number of methoxy groups -OCH3 is 1.